The molecule has 0 aromatic carbocycles. The van der Waals surface area contributed by atoms with Crippen LogP contribution >= 0.6 is 0 Å². The van der Waals surface area contributed by atoms with Crippen LogP contribution in [0.3, 0.4) is 0 Å². The van der Waals surface area contributed by atoms with Crippen molar-refractivity contribution in [3.05, 3.63) is 24.3 Å². The minimum absolute atomic E-state index is 0. The van der Waals surface area contributed by atoms with Crippen molar-refractivity contribution in [3.8, 4) is 0 Å². The van der Waals surface area contributed by atoms with Gasteiger partial charge in [0.05, 0.1) is 0 Å². The van der Waals surface area contributed by atoms with Crippen molar-refractivity contribution in [1.82, 2.24) is 0 Å². The van der Waals surface area contributed by atoms with Crippen LogP contribution in [-0.4, -0.2) is 0 Å². The summed E-state index contributed by atoms with van der Waals surface area (Å²) >= 11 is 0. The molecule has 0 unspecified atom stereocenters. The summed E-state index contributed by atoms with van der Waals surface area (Å²) in [6.45, 7) is 7.61. The number of hydrogen-bond donors (Lipinski definition) is 0. The minimum Gasteiger partial charge on any atom is -0.0961 e. The number of hydrogen-bond acceptors (Lipinski definition) is 0. The molecule has 0 heterocycles. The quantitative estimate of drug-likeness (QED) is 0.490. The molecular weight excluding hydrogens is 131 g/mol. The van der Waals surface area contributed by atoms with Gasteiger partial charge in [-0.05, 0) is 13.8 Å². The molecule has 0 aromatic heterocycles. The maximum absolute atomic E-state index is 3.66. The van der Waals surface area contributed by atoms with Crippen molar-refractivity contribution in [2.24, 2.45) is 0 Å². The van der Waals surface area contributed by atoms with E-state index in [-0.39, 0.29) is 16.8 Å². The fourth-order valence-corrected chi connectivity index (χ4v) is 0.285. The van der Waals surface area contributed by atoms with Crippen LogP contribution in [0.1, 0.15) is 13.8 Å². The fraction of sp³-hybridized carbons (Fsp3) is 0.333. The van der Waals surface area contributed by atoms with Gasteiger partial charge in [-0.1, -0.05) is 24.3 Å². The molecule has 0 aromatic rings. The molecule has 0 aliphatic heterocycles. The Hall–Kier alpha value is -0.0135. The minimum atomic E-state index is 0. The van der Waals surface area contributed by atoms with Gasteiger partial charge in [0.2, 0.25) is 0 Å². The van der Waals surface area contributed by atoms with E-state index in [9.17, 15) is 0 Å². The first-order valence-corrected chi connectivity index (χ1v) is 2.05. The summed E-state index contributed by atoms with van der Waals surface area (Å²) in [6.07, 6.45) is 3.95. The molecular formula is C6H10Co. The first-order valence-electron chi connectivity index (χ1n) is 2.05. The van der Waals surface area contributed by atoms with E-state index in [1.807, 2.05) is 26.0 Å². The van der Waals surface area contributed by atoms with Crippen molar-refractivity contribution in [3.63, 3.8) is 0 Å². The molecule has 0 atom stereocenters. The SMILES string of the molecule is C=C(C)/C=C/C.[Co]. The standard InChI is InChI=1S/C6H10.Co/c1-4-5-6(2)3;/h4-5H,2H2,1,3H3;/b5-4+;. The zero-order valence-electron chi connectivity index (χ0n) is 4.70. The molecule has 0 rings (SSSR count). The molecule has 0 fully saturated rings. The van der Waals surface area contributed by atoms with E-state index in [0.717, 1.165) is 5.57 Å². The van der Waals surface area contributed by atoms with Gasteiger partial charge in [0.1, 0.15) is 0 Å². The van der Waals surface area contributed by atoms with Gasteiger partial charge >= 0.3 is 0 Å². The van der Waals surface area contributed by atoms with Gasteiger partial charge < -0.3 is 0 Å². The van der Waals surface area contributed by atoms with Gasteiger partial charge in [0, 0.05) is 16.8 Å². The molecule has 1 radical (unpaired) electrons. The van der Waals surface area contributed by atoms with Crippen molar-refractivity contribution in [1.29, 1.82) is 0 Å². The fourth-order valence-electron chi connectivity index (χ4n) is 0.285. The summed E-state index contributed by atoms with van der Waals surface area (Å²) in [5, 5.41) is 0. The van der Waals surface area contributed by atoms with Crippen LogP contribution in [0.5, 0.6) is 0 Å². The number of allylic oxidation sites excluding steroid dienone is 3. The summed E-state index contributed by atoms with van der Waals surface area (Å²) in [5.74, 6) is 0. The molecule has 0 N–H and O–H groups in total. The summed E-state index contributed by atoms with van der Waals surface area (Å²) < 4.78 is 0. The van der Waals surface area contributed by atoms with Crippen molar-refractivity contribution >= 4 is 0 Å². The first kappa shape index (κ1) is 10.1. The zero-order valence-corrected chi connectivity index (χ0v) is 5.74. The molecule has 0 nitrogen and oxygen atoms in total. The van der Waals surface area contributed by atoms with Crippen LogP contribution in [0.4, 0.5) is 0 Å². The van der Waals surface area contributed by atoms with E-state index in [1.165, 1.54) is 0 Å². The average Bonchev–Trinajstić information content (AvgIpc) is 1.35. The molecule has 1 heteroatoms. The molecule has 0 aliphatic rings. The smallest absolute Gasteiger partial charge is 0 e. The molecule has 0 spiro atoms. The van der Waals surface area contributed by atoms with Crippen LogP contribution in [0.25, 0.3) is 0 Å². The second kappa shape index (κ2) is 5.99. The predicted octanol–water partition coefficient (Wildman–Crippen LogP) is 2.14. The molecule has 0 amide bonds. The average molecular weight is 141 g/mol. The van der Waals surface area contributed by atoms with Crippen molar-refractivity contribution in [2.45, 2.75) is 13.8 Å². The normalized spacial score (nSPS) is 8.29. The second-order valence-corrected chi connectivity index (χ2v) is 1.35. The van der Waals surface area contributed by atoms with E-state index in [1.54, 1.807) is 0 Å². The second-order valence-electron chi connectivity index (χ2n) is 1.35. The third-order valence-corrected chi connectivity index (χ3v) is 0.451. The van der Waals surface area contributed by atoms with Gasteiger partial charge in [-0.25, -0.2) is 0 Å². The molecule has 7 heavy (non-hydrogen) atoms. The Bertz CT molecular complexity index is 72.2. The summed E-state index contributed by atoms with van der Waals surface area (Å²) in [5.41, 5.74) is 1.11. The first-order chi connectivity index (χ1) is 2.77. The van der Waals surface area contributed by atoms with Crippen LogP contribution < -0.4 is 0 Å². The molecule has 0 aliphatic carbocycles. The van der Waals surface area contributed by atoms with Crippen molar-refractivity contribution < 1.29 is 16.8 Å². The van der Waals surface area contributed by atoms with Crippen LogP contribution in [0, 0.1) is 0 Å². The summed E-state index contributed by atoms with van der Waals surface area (Å²) in [4.78, 5) is 0. The largest absolute Gasteiger partial charge is 0.0961 e. The molecule has 0 bridgehead atoms. The van der Waals surface area contributed by atoms with Gasteiger partial charge in [0.25, 0.3) is 0 Å². The Kier molecular flexibility index (Phi) is 8.61. The third kappa shape index (κ3) is 10.7. The van der Waals surface area contributed by atoms with Gasteiger partial charge in [-0.3, -0.25) is 0 Å². The van der Waals surface area contributed by atoms with Crippen LogP contribution in [0.15, 0.2) is 24.3 Å². The Balaban J connectivity index is 0. The van der Waals surface area contributed by atoms with E-state index in [4.69, 9.17) is 0 Å². The monoisotopic (exact) mass is 141 g/mol. The predicted molar refractivity (Wildman–Crippen MR) is 29.6 cm³/mol. The Morgan fingerprint density at radius 2 is 2.00 bits per heavy atom. The van der Waals surface area contributed by atoms with E-state index < -0.39 is 0 Å². The van der Waals surface area contributed by atoms with Gasteiger partial charge in [-0.15, -0.1) is 0 Å². The Morgan fingerprint density at radius 1 is 1.57 bits per heavy atom. The topological polar surface area (TPSA) is 0 Å². The van der Waals surface area contributed by atoms with Gasteiger partial charge in [0.15, 0.2) is 0 Å². The number of rotatable bonds is 1. The van der Waals surface area contributed by atoms with Gasteiger partial charge in [-0.2, -0.15) is 0 Å². The van der Waals surface area contributed by atoms with Crippen molar-refractivity contribution in [2.75, 3.05) is 0 Å². The Labute approximate surface area is 55.5 Å². The van der Waals surface area contributed by atoms with E-state index in [2.05, 4.69) is 6.58 Å². The summed E-state index contributed by atoms with van der Waals surface area (Å²) in [6, 6.07) is 0. The zero-order chi connectivity index (χ0) is 4.99. The maximum Gasteiger partial charge on any atom is 0 e. The van der Waals surface area contributed by atoms with Crippen LogP contribution in [0.2, 0.25) is 0 Å². The molecule has 43 valence electrons. The molecule has 0 saturated heterocycles. The van der Waals surface area contributed by atoms with E-state index in [0.29, 0.717) is 0 Å². The Morgan fingerprint density at radius 3 is 2.00 bits per heavy atom. The van der Waals surface area contributed by atoms with Crippen LogP contribution in [-0.2, 0) is 16.8 Å². The maximum atomic E-state index is 3.66. The van der Waals surface area contributed by atoms with E-state index >= 15 is 0 Å². The molecule has 0 saturated carbocycles. The third-order valence-electron chi connectivity index (χ3n) is 0.451. The summed E-state index contributed by atoms with van der Waals surface area (Å²) in [7, 11) is 0.